The molecule has 0 aliphatic carbocycles. The highest BCUT2D eigenvalue weighted by molar-refractivity contribution is 5.97. The Labute approximate surface area is 175 Å². The number of aromatic nitrogens is 2. The number of anilines is 1. The molecule has 0 bridgehead atoms. The quantitative estimate of drug-likeness (QED) is 0.684. The van der Waals surface area contributed by atoms with E-state index in [0.717, 1.165) is 6.42 Å². The summed E-state index contributed by atoms with van der Waals surface area (Å²) in [5.74, 6) is -0.116. The summed E-state index contributed by atoms with van der Waals surface area (Å²) in [4.78, 5) is 31.0. The van der Waals surface area contributed by atoms with E-state index in [-0.39, 0.29) is 11.8 Å². The van der Waals surface area contributed by atoms with Gasteiger partial charge in [0.25, 0.3) is 5.91 Å². The predicted octanol–water partition coefficient (Wildman–Crippen LogP) is 3.84. The van der Waals surface area contributed by atoms with E-state index < -0.39 is 0 Å². The molecule has 6 nitrogen and oxygen atoms in total. The van der Waals surface area contributed by atoms with Gasteiger partial charge in [0, 0.05) is 49.7 Å². The number of hydrogen-bond donors (Lipinski definition) is 1. The number of imidazole rings is 1. The molecule has 0 saturated carbocycles. The van der Waals surface area contributed by atoms with E-state index in [1.165, 1.54) is 11.1 Å². The number of carbonyl (C=O) groups excluding carboxylic acids is 2. The van der Waals surface area contributed by atoms with Crippen molar-refractivity contribution >= 4 is 23.1 Å². The van der Waals surface area contributed by atoms with Crippen LogP contribution in [-0.4, -0.2) is 39.4 Å². The molecule has 0 spiro atoms. The van der Waals surface area contributed by atoms with Gasteiger partial charge in [-0.25, -0.2) is 4.98 Å². The molecule has 1 aliphatic heterocycles. The molecular weight excluding hydrogens is 376 g/mol. The zero-order valence-corrected chi connectivity index (χ0v) is 16.7. The number of nitrogens with zero attached hydrogens (tertiary/aromatic N) is 3. The number of rotatable bonds is 6. The molecule has 2 amide bonds. The van der Waals surface area contributed by atoms with E-state index in [2.05, 4.69) is 28.5 Å². The molecule has 0 unspecified atom stereocenters. The Morgan fingerprint density at radius 3 is 2.67 bits per heavy atom. The third kappa shape index (κ3) is 4.84. The molecule has 4 rings (SSSR count). The number of benzene rings is 2. The molecule has 3 aromatic rings. The van der Waals surface area contributed by atoms with Crippen LogP contribution in [0.1, 0.15) is 28.8 Å². The van der Waals surface area contributed by atoms with E-state index in [9.17, 15) is 9.59 Å². The first-order valence-electron chi connectivity index (χ1n) is 10.1. The van der Waals surface area contributed by atoms with Gasteiger partial charge in [-0.15, -0.1) is 0 Å². The fraction of sp³-hybridized carbons (Fsp3) is 0.208. The van der Waals surface area contributed by atoms with Crippen molar-refractivity contribution in [2.24, 2.45) is 0 Å². The Hall–Kier alpha value is -3.67. The lowest BCUT2D eigenvalue weighted by molar-refractivity contribution is -0.116. The lowest BCUT2D eigenvalue weighted by atomic mass is 9.99. The van der Waals surface area contributed by atoms with Crippen LogP contribution in [0.5, 0.6) is 0 Å². The van der Waals surface area contributed by atoms with E-state index >= 15 is 0 Å². The topological polar surface area (TPSA) is 67.2 Å². The fourth-order valence-corrected chi connectivity index (χ4v) is 3.55. The Kier molecular flexibility index (Phi) is 6.03. The maximum atomic E-state index is 12.9. The second-order valence-electron chi connectivity index (χ2n) is 7.28. The van der Waals surface area contributed by atoms with Crippen LogP contribution < -0.4 is 5.32 Å². The van der Waals surface area contributed by atoms with E-state index in [1.807, 2.05) is 33.9 Å². The first-order chi connectivity index (χ1) is 14.7. The van der Waals surface area contributed by atoms with Crippen molar-refractivity contribution in [3.05, 3.63) is 90.5 Å². The lowest BCUT2D eigenvalue weighted by Gasteiger charge is -2.27. The number of nitrogens with one attached hydrogen (secondary N) is 1. The average Bonchev–Trinajstić information content (AvgIpc) is 3.32. The predicted molar refractivity (Wildman–Crippen MR) is 117 cm³/mol. The Morgan fingerprint density at radius 2 is 1.93 bits per heavy atom. The maximum absolute atomic E-state index is 12.9. The van der Waals surface area contributed by atoms with Crippen LogP contribution in [0.4, 0.5) is 5.69 Å². The fourth-order valence-electron chi connectivity index (χ4n) is 3.55. The minimum atomic E-state index is -0.0956. The smallest absolute Gasteiger partial charge is 0.254 e. The summed E-state index contributed by atoms with van der Waals surface area (Å²) < 4.78 is 1.85. The van der Waals surface area contributed by atoms with Crippen LogP contribution in [0.15, 0.2) is 79.4 Å². The second-order valence-corrected chi connectivity index (χ2v) is 7.28. The first kappa shape index (κ1) is 19.6. The molecule has 2 aromatic carbocycles. The van der Waals surface area contributed by atoms with Gasteiger partial charge >= 0.3 is 0 Å². The van der Waals surface area contributed by atoms with Crippen LogP contribution in [0.3, 0.4) is 0 Å². The third-order valence-electron chi connectivity index (χ3n) is 5.19. The average molecular weight is 400 g/mol. The molecule has 1 aliphatic rings. The van der Waals surface area contributed by atoms with Crippen LogP contribution in [0.25, 0.3) is 5.57 Å². The van der Waals surface area contributed by atoms with Gasteiger partial charge in [-0.1, -0.05) is 42.5 Å². The summed E-state index contributed by atoms with van der Waals surface area (Å²) in [5, 5.41) is 2.88. The summed E-state index contributed by atoms with van der Waals surface area (Å²) in [5.41, 5.74) is 3.71. The number of carbonyl (C=O) groups is 2. The highest BCUT2D eigenvalue weighted by Crippen LogP contribution is 2.23. The minimum absolute atomic E-state index is 0.0205. The third-order valence-corrected chi connectivity index (χ3v) is 5.19. The van der Waals surface area contributed by atoms with Gasteiger partial charge in [0.15, 0.2) is 0 Å². The van der Waals surface area contributed by atoms with Crippen molar-refractivity contribution in [2.45, 2.75) is 19.4 Å². The molecule has 0 radical (unpaired) electrons. The minimum Gasteiger partial charge on any atom is -0.337 e. The second kappa shape index (κ2) is 9.22. The molecule has 152 valence electrons. The molecular formula is C24H24N4O2. The van der Waals surface area contributed by atoms with Crippen molar-refractivity contribution in [2.75, 3.05) is 18.4 Å². The van der Waals surface area contributed by atoms with Gasteiger partial charge in [-0.3, -0.25) is 9.59 Å². The normalized spacial score (nSPS) is 13.6. The highest BCUT2D eigenvalue weighted by atomic mass is 16.2. The number of hydrogen-bond acceptors (Lipinski definition) is 3. The van der Waals surface area contributed by atoms with E-state index in [4.69, 9.17) is 0 Å². The van der Waals surface area contributed by atoms with Crippen molar-refractivity contribution in [3.8, 4) is 0 Å². The maximum Gasteiger partial charge on any atom is 0.254 e. The summed E-state index contributed by atoms with van der Waals surface area (Å²) >= 11 is 0. The SMILES string of the molecule is O=C(CCn1ccnc1)Nc1cccc(C(=O)N2CC=C(c3ccccc3)CC2)c1. The number of amides is 2. The van der Waals surface area contributed by atoms with Gasteiger partial charge in [0.1, 0.15) is 0 Å². The summed E-state index contributed by atoms with van der Waals surface area (Å²) in [7, 11) is 0. The van der Waals surface area contributed by atoms with Gasteiger partial charge in [0.2, 0.25) is 5.91 Å². The molecule has 30 heavy (non-hydrogen) atoms. The van der Waals surface area contributed by atoms with Crippen LogP contribution in [0.2, 0.25) is 0 Å². The molecule has 0 fully saturated rings. The van der Waals surface area contributed by atoms with Crippen LogP contribution >= 0.6 is 0 Å². The van der Waals surface area contributed by atoms with E-state index in [0.29, 0.717) is 37.3 Å². The summed E-state index contributed by atoms with van der Waals surface area (Å²) in [6, 6.07) is 17.4. The van der Waals surface area contributed by atoms with Crippen LogP contribution in [-0.2, 0) is 11.3 Å². The van der Waals surface area contributed by atoms with Crippen molar-refractivity contribution < 1.29 is 9.59 Å². The molecule has 1 aromatic heterocycles. The first-order valence-corrected chi connectivity index (χ1v) is 10.1. The van der Waals surface area contributed by atoms with Crippen molar-refractivity contribution in [3.63, 3.8) is 0 Å². The molecule has 0 saturated heterocycles. The summed E-state index contributed by atoms with van der Waals surface area (Å²) in [6.07, 6.45) is 8.49. The van der Waals surface area contributed by atoms with Gasteiger partial charge in [-0.05, 0) is 35.8 Å². The van der Waals surface area contributed by atoms with Crippen molar-refractivity contribution in [1.29, 1.82) is 0 Å². The number of aryl methyl sites for hydroxylation is 1. The largest absolute Gasteiger partial charge is 0.337 e. The van der Waals surface area contributed by atoms with Crippen molar-refractivity contribution in [1.82, 2.24) is 14.5 Å². The lowest BCUT2D eigenvalue weighted by Crippen LogP contribution is -2.34. The monoisotopic (exact) mass is 400 g/mol. The molecule has 2 heterocycles. The molecule has 0 atom stereocenters. The van der Waals surface area contributed by atoms with Crippen LogP contribution in [0, 0.1) is 0 Å². The standard InChI is InChI=1S/C24H24N4O2/c29-23(11-13-27-16-12-25-18-27)26-22-8-4-7-21(17-22)24(30)28-14-9-20(10-15-28)19-5-2-1-3-6-19/h1-9,12,16-18H,10-11,13-15H2,(H,26,29). The Morgan fingerprint density at radius 1 is 1.07 bits per heavy atom. The Balaban J connectivity index is 1.36. The van der Waals surface area contributed by atoms with Gasteiger partial charge in [0.05, 0.1) is 6.33 Å². The van der Waals surface area contributed by atoms with Gasteiger partial charge in [-0.2, -0.15) is 0 Å². The van der Waals surface area contributed by atoms with E-state index in [1.54, 1.807) is 36.8 Å². The zero-order chi connectivity index (χ0) is 20.8. The summed E-state index contributed by atoms with van der Waals surface area (Å²) in [6.45, 7) is 1.83. The van der Waals surface area contributed by atoms with Gasteiger partial charge < -0.3 is 14.8 Å². The molecule has 1 N–H and O–H groups in total. The molecule has 6 heteroatoms. The zero-order valence-electron chi connectivity index (χ0n) is 16.7. The Bertz CT molecular complexity index is 1040. The highest BCUT2D eigenvalue weighted by Gasteiger charge is 2.19.